The van der Waals surface area contributed by atoms with E-state index >= 15 is 0 Å². The number of amides is 1. The lowest BCUT2D eigenvalue weighted by molar-refractivity contribution is -0.129. The fourth-order valence-corrected chi connectivity index (χ4v) is 2.91. The Balaban J connectivity index is 1.87. The van der Waals surface area contributed by atoms with E-state index in [0.717, 1.165) is 17.7 Å². The van der Waals surface area contributed by atoms with Crippen LogP contribution in [0.4, 0.5) is 0 Å². The van der Waals surface area contributed by atoms with E-state index in [-0.39, 0.29) is 5.91 Å². The van der Waals surface area contributed by atoms with Crippen molar-refractivity contribution in [2.24, 2.45) is 11.7 Å². The zero-order chi connectivity index (χ0) is 14.5. The summed E-state index contributed by atoms with van der Waals surface area (Å²) in [5.41, 5.74) is 7.41. The molecule has 0 unspecified atom stereocenters. The number of nitrogens with zero attached hydrogens (tertiary/aromatic N) is 1. The zero-order valence-electron chi connectivity index (χ0n) is 12.0. The molecule has 1 fully saturated rings. The Morgan fingerprint density at radius 3 is 2.45 bits per heavy atom. The fourth-order valence-electron chi connectivity index (χ4n) is 2.78. The highest BCUT2D eigenvalue weighted by Gasteiger charge is 2.19. The molecule has 0 bridgehead atoms. The predicted octanol–water partition coefficient (Wildman–Crippen LogP) is 2.51. The second-order valence-corrected chi connectivity index (χ2v) is 6.10. The third-order valence-corrected chi connectivity index (χ3v) is 4.26. The molecule has 0 radical (unpaired) electrons. The molecular weight excluding hydrogens is 268 g/mol. The van der Waals surface area contributed by atoms with Crippen molar-refractivity contribution < 1.29 is 4.79 Å². The highest BCUT2D eigenvalue weighted by molar-refractivity contribution is 7.80. The summed E-state index contributed by atoms with van der Waals surface area (Å²) in [4.78, 5) is 14.5. The van der Waals surface area contributed by atoms with Gasteiger partial charge in [0.25, 0.3) is 0 Å². The Hall–Kier alpha value is -1.42. The van der Waals surface area contributed by atoms with Crippen molar-refractivity contribution in [1.29, 1.82) is 0 Å². The fraction of sp³-hybridized carbons (Fsp3) is 0.500. The van der Waals surface area contributed by atoms with Gasteiger partial charge >= 0.3 is 0 Å². The van der Waals surface area contributed by atoms with Gasteiger partial charge in [-0.05, 0) is 24.3 Å². The van der Waals surface area contributed by atoms with Crippen LogP contribution in [-0.2, 0) is 11.2 Å². The first-order chi connectivity index (χ1) is 9.56. The lowest BCUT2D eigenvalue weighted by Gasteiger charge is -2.21. The van der Waals surface area contributed by atoms with Crippen molar-refractivity contribution >= 4 is 23.1 Å². The van der Waals surface area contributed by atoms with Gasteiger partial charge in [-0.3, -0.25) is 4.79 Å². The van der Waals surface area contributed by atoms with Crippen LogP contribution in [0.3, 0.4) is 0 Å². The highest BCUT2D eigenvalue weighted by atomic mass is 32.1. The van der Waals surface area contributed by atoms with Gasteiger partial charge in [0, 0.05) is 19.2 Å². The molecule has 0 aromatic heterocycles. The van der Waals surface area contributed by atoms with Gasteiger partial charge in [-0.2, -0.15) is 0 Å². The number of hydrogen-bond acceptors (Lipinski definition) is 2. The van der Waals surface area contributed by atoms with Crippen LogP contribution in [0.25, 0.3) is 0 Å². The minimum Gasteiger partial charge on any atom is -0.389 e. The van der Waals surface area contributed by atoms with Crippen molar-refractivity contribution in [3.8, 4) is 0 Å². The van der Waals surface area contributed by atoms with Crippen LogP contribution in [0, 0.1) is 5.92 Å². The van der Waals surface area contributed by atoms with Crippen LogP contribution in [0.1, 0.15) is 36.8 Å². The Bertz CT molecular complexity index is 478. The Labute approximate surface area is 126 Å². The summed E-state index contributed by atoms with van der Waals surface area (Å²) in [7, 11) is 1.91. The molecule has 1 saturated carbocycles. The molecule has 1 aromatic carbocycles. The van der Waals surface area contributed by atoms with Crippen molar-refractivity contribution in [2.45, 2.75) is 32.1 Å². The monoisotopic (exact) mass is 290 g/mol. The first kappa shape index (κ1) is 15.0. The van der Waals surface area contributed by atoms with E-state index in [1.165, 1.54) is 25.7 Å². The van der Waals surface area contributed by atoms with Gasteiger partial charge in [0.1, 0.15) is 4.99 Å². The quantitative estimate of drug-likeness (QED) is 0.848. The number of nitrogens with two attached hydrogens (primary N) is 1. The highest BCUT2D eigenvalue weighted by Crippen LogP contribution is 2.25. The number of carbonyl (C=O) groups excluding carboxylic acids is 1. The summed E-state index contributed by atoms with van der Waals surface area (Å²) in [6, 6.07) is 7.61. The number of hydrogen-bond donors (Lipinski definition) is 1. The van der Waals surface area contributed by atoms with Crippen LogP contribution >= 0.6 is 12.2 Å². The molecule has 108 valence electrons. The lowest BCUT2D eigenvalue weighted by Crippen LogP contribution is -2.32. The van der Waals surface area contributed by atoms with Gasteiger partial charge in [0.15, 0.2) is 0 Å². The summed E-state index contributed by atoms with van der Waals surface area (Å²) in [6.07, 6.45) is 5.60. The summed E-state index contributed by atoms with van der Waals surface area (Å²) >= 11 is 4.92. The van der Waals surface area contributed by atoms with Crippen LogP contribution in [0.2, 0.25) is 0 Å². The summed E-state index contributed by atoms with van der Waals surface area (Å²) in [5, 5.41) is 0. The van der Waals surface area contributed by atoms with Crippen molar-refractivity contribution in [3.63, 3.8) is 0 Å². The Kier molecular flexibility index (Phi) is 5.12. The molecular formula is C16H22N2OS. The molecule has 20 heavy (non-hydrogen) atoms. The van der Waals surface area contributed by atoms with Crippen LogP contribution in [0.5, 0.6) is 0 Å². The molecule has 0 spiro atoms. The number of rotatable bonds is 5. The maximum atomic E-state index is 12.2. The van der Waals surface area contributed by atoms with E-state index < -0.39 is 0 Å². The van der Waals surface area contributed by atoms with E-state index in [1.807, 2.05) is 36.2 Å². The molecule has 0 atom stereocenters. The second-order valence-electron chi connectivity index (χ2n) is 5.66. The maximum Gasteiger partial charge on any atom is 0.226 e. The largest absolute Gasteiger partial charge is 0.389 e. The molecule has 0 saturated heterocycles. The van der Waals surface area contributed by atoms with E-state index in [9.17, 15) is 4.79 Å². The van der Waals surface area contributed by atoms with E-state index in [2.05, 4.69) is 0 Å². The third kappa shape index (κ3) is 4.04. The van der Waals surface area contributed by atoms with Crippen LogP contribution in [-0.4, -0.2) is 29.4 Å². The molecule has 1 amide bonds. The topological polar surface area (TPSA) is 46.3 Å². The second kappa shape index (κ2) is 6.84. The predicted molar refractivity (Wildman–Crippen MR) is 85.6 cm³/mol. The van der Waals surface area contributed by atoms with Gasteiger partial charge in [0.05, 0.1) is 6.42 Å². The molecule has 2 N–H and O–H groups in total. The van der Waals surface area contributed by atoms with Gasteiger partial charge in [-0.25, -0.2) is 0 Å². The lowest BCUT2D eigenvalue weighted by atomic mass is 10.1. The first-order valence-corrected chi connectivity index (χ1v) is 7.60. The van der Waals surface area contributed by atoms with E-state index in [0.29, 0.717) is 17.3 Å². The summed E-state index contributed by atoms with van der Waals surface area (Å²) < 4.78 is 0. The standard InChI is InChI=1S/C16H22N2OS/c1-18(11-13-4-2-3-5-13)15(19)10-12-6-8-14(9-7-12)16(17)20/h6-9,13H,2-5,10-11H2,1H3,(H2,17,20). The molecule has 0 heterocycles. The van der Waals surface area contributed by atoms with Crippen molar-refractivity contribution in [2.75, 3.05) is 13.6 Å². The molecule has 1 aromatic rings. The minimum atomic E-state index is 0.181. The molecule has 1 aliphatic rings. The first-order valence-electron chi connectivity index (χ1n) is 7.19. The molecule has 4 heteroatoms. The van der Waals surface area contributed by atoms with E-state index in [4.69, 9.17) is 18.0 Å². The Morgan fingerprint density at radius 1 is 1.30 bits per heavy atom. The number of carbonyl (C=O) groups is 1. The summed E-state index contributed by atoms with van der Waals surface area (Å²) in [6.45, 7) is 0.893. The minimum absolute atomic E-state index is 0.181. The molecule has 1 aliphatic carbocycles. The normalized spacial score (nSPS) is 15.2. The van der Waals surface area contributed by atoms with Crippen LogP contribution in [0.15, 0.2) is 24.3 Å². The number of thiocarbonyl (C=S) groups is 1. The average molecular weight is 290 g/mol. The number of benzene rings is 1. The molecule has 0 aliphatic heterocycles. The maximum absolute atomic E-state index is 12.2. The zero-order valence-corrected chi connectivity index (χ0v) is 12.8. The number of likely N-dealkylation sites (N-methyl/N-ethyl adjacent to an activating group) is 1. The van der Waals surface area contributed by atoms with Crippen molar-refractivity contribution in [1.82, 2.24) is 4.90 Å². The average Bonchev–Trinajstić information content (AvgIpc) is 2.92. The molecule has 3 nitrogen and oxygen atoms in total. The van der Waals surface area contributed by atoms with Gasteiger partial charge in [0.2, 0.25) is 5.91 Å². The SMILES string of the molecule is CN(CC1CCCC1)C(=O)Cc1ccc(C(N)=S)cc1. The Morgan fingerprint density at radius 2 is 1.90 bits per heavy atom. The van der Waals surface area contributed by atoms with E-state index in [1.54, 1.807) is 0 Å². The smallest absolute Gasteiger partial charge is 0.226 e. The van der Waals surface area contributed by atoms with Gasteiger partial charge in [-0.15, -0.1) is 0 Å². The summed E-state index contributed by atoms with van der Waals surface area (Å²) in [5.74, 6) is 0.876. The van der Waals surface area contributed by atoms with Crippen molar-refractivity contribution in [3.05, 3.63) is 35.4 Å². The van der Waals surface area contributed by atoms with Gasteiger partial charge in [-0.1, -0.05) is 49.3 Å². The third-order valence-electron chi connectivity index (χ3n) is 4.03. The van der Waals surface area contributed by atoms with Gasteiger partial charge < -0.3 is 10.6 Å². The molecule has 2 rings (SSSR count). The van der Waals surface area contributed by atoms with Crippen LogP contribution < -0.4 is 5.73 Å².